The number of rotatable bonds is 2. The first kappa shape index (κ1) is 14.9. The van der Waals surface area contributed by atoms with Gasteiger partial charge in [-0.15, -0.1) is 0 Å². The molecule has 0 N–H and O–H groups in total. The molecule has 0 spiro atoms. The molecule has 0 unspecified atom stereocenters. The van der Waals surface area contributed by atoms with Crippen LogP contribution in [0.5, 0.6) is 0 Å². The Morgan fingerprint density at radius 3 is 2.40 bits per heavy atom. The van der Waals surface area contributed by atoms with Crippen LogP contribution in [-0.2, 0) is 6.18 Å². The van der Waals surface area contributed by atoms with Crippen LogP contribution in [0, 0.1) is 9.39 Å². The van der Waals surface area contributed by atoms with Crippen LogP contribution < -0.4 is 0 Å². The zero-order valence-electron chi connectivity index (χ0n) is 9.71. The number of alkyl halides is 3. The van der Waals surface area contributed by atoms with E-state index in [4.69, 9.17) is 0 Å². The summed E-state index contributed by atoms with van der Waals surface area (Å²) in [6.07, 6.45) is -3.31. The second-order valence-corrected chi connectivity index (χ2v) is 5.16. The summed E-state index contributed by atoms with van der Waals surface area (Å²) in [6, 6.07) is 4.69. The fourth-order valence-corrected chi connectivity index (χ4v) is 1.86. The Hall–Kier alpha value is -1.51. The maximum Gasteiger partial charge on any atom is 0.416 e. The van der Waals surface area contributed by atoms with Crippen molar-refractivity contribution in [3.8, 4) is 0 Å². The maximum absolute atomic E-state index is 13.2. The standard InChI is InChI=1S/C13H6F4INO/c14-9-4-7(3-8(5-9)13(15,16)17)12(20)11-2-1-10(18)6-19-11/h1-6H. The third kappa shape index (κ3) is 3.33. The first-order valence-corrected chi connectivity index (χ1v) is 6.39. The Kier molecular flexibility index (Phi) is 4.07. The minimum Gasteiger partial charge on any atom is -0.287 e. The first-order chi connectivity index (χ1) is 9.27. The second kappa shape index (κ2) is 5.47. The fourth-order valence-electron chi connectivity index (χ4n) is 1.54. The molecule has 20 heavy (non-hydrogen) atoms. The van der Waals surface area contributed by atoms with Crippen molar-refractivity contribution in [2.75, 3.05) is 0 Å². The fraction of sp³-hybridized carbons (Fsp3) is 0.0769. The number of pyridine rings is 1. The Balaban J connectivity index is 2.45. The van der Waals surface area contributed by atoms with Gasteiger partial charge in [0.15, 0.2) is 0 Å². The van der Waals surface area contributed by atoms with E-state index in [0.717, 1.165) is 9.64 Å². The van der Waals surface area contributed by atoms with E-state index in [1.165, 1.54) is 12.3 Å². The van der Waals surface area contributed by atoms with Gasteiger partial charge in [-0.3, -0.25) is 9.78 Å². The van der Waals surface area contributed by atoms with Crippen molar-refractivity contribution in [1.29, 1.82) is 0 Å². The maximum atomic E-state index is 13.2. The van der Waals surface area contributed by atoms with E-state index < -0.39 is 23.3 Å². The van der Waals surface area contributed by atoms with Crippen LogP contribution >= 0.6 is 22.6 Å². The summed E-state index contributed by atoms with van der Waals surface area (Å²) in [5.41, 5.74) is -1.62. The van der Waals surface area contributed by atoms with Crippen LogP contribution in [0.25, 0.3) is 0 Å². The molecular formula is C13H6F4INO. The first-order valence-electron chi connectivity index (χ1n) is 5.31. The van der Waals surface area contributed by atoms with Gasteiger partial charge in [-0.25, -0.2) is 4.39 Å². The van der Waals surface area contributed by atoms with Crippen LogP contribution in [0.3, 0.4) is 0 Å². The van der Waals surface area contributed by atoms with Gasteiger partial charge in [0.25, 0.3) is 0 Å². The number of aromatic nitrogens is 1. The Labute approximate surface area is 125 Å². The molecule has 0 radical (unpaired) electrons. The molecule has 0 aliphatic carbocycles. The molecule has 0 aliphatic rings. The van der Waals surface area contributed by atoms with Gasteiger partial charge in [0.1, 0.15) is 11.5 Å². The lowest BCUT2D eigenvalue weighted by Gasteiger charge is -2.08. The highest BCUT2D eigenvalue weighted by Crippen LogP contribution is 2.30. The van der Waals surface area contributed by atoms with Gasteiger partial charge in [0.2, 0.25) is 5.78 Å². The van der Waals surface area contributed by atoms with Crippen molar-refractivity contribution in [3.05, 3.63) is 62.7 Å². The molecular weight excluding hydrogens is 389 g/mol. The van der Waals surface area contributed by atoms with Crippen molar-refractivity contribution >= 4 is 28.4 Å². The molecule has 0 saturated heterocycles. The Bertz CT molecular complexity index is 652. The molecule has 0 amide bonds. The average Bonchev–Trinajstić information content (AvgIpc) is 2.37. The summed E-state index contributed by atoms with van der Waals surface area (Å²) >= 11 is 1.97. The number of halogens is 5. The molecule has 0 bridgehead atoms. The van der Waals surface area contributed by atoms with E-state index in [-0.39, 0.29) is 11.3 Å². The number of benzene rings is 1. The summed E-state index contributed by atoms with van der Waals surface area (Å²) < 4.78 is 51.7. The van der Waals surface area contributed by atoms with Crippen molar-refractivity contribution in [2.45, 2.75) is 6.18 Å². The highest BCUT2D eigenvalue weighted by Gasteiger charge is 2.32. The van der Waals surface area contributed by atoms with Crippen LogP contribution in [0.1, 0.15) is 21.6 Å². The minimum atomic E-state index is -4.71. The van der Waals surface area contributed by atoms with Gasteiger partial charge >= 0.3 is 6.18 Å². The number of hydrogen-bond acceptors (Lipinski definition) is 2. The largest absolute Gasteiger partial charge is 0.416 e. The lowest BCUT2D eigenvalue weighted by atomic mass is 10.0. The molecule has 0 aliphatic heterocycles. The van der Waals surface area contributed by atoms with Crippen molar-refractivity contribution in [2.24, 2.45) is 0 Å². The van der Waals surface area contributed by atoms with E-state index in [9.17, 15) is 22.4 Å². The third-order valence-electron chi connectivity index (χ3n) is 2.45. The topological polar surface area (TPSA) is 30.0 Å². The number of nitrogens with zero attached hydrogens (tertiary/aromatic N) is 1. The van der Waals surface area contributed by atoms with Gasteiger partial charge < -0.3 is 0 Å². The van der Waals surface area contributed by atoms with Gasteiger partial charge in [-0.2, -0.15) is 13.2 Å². The molecule has 1 aromatic heterocycles. The molecule has 1 aromatic carbocycles. The number of carbonyl (C=O) groups is 1. The normalized spacial score (nSPS) is 11.4. The van der Waals surface area contributed by atoms with Crippen molar-refractivity contribution in [3.63, 3.8) is 0 Å². The van der Waals surface area contributed by atoms with Gasteiger partial charge in [-0.1, -0.05) is 0 Å². The van der Waals surface area contributed by atoms with Crippen molar-refractivity contribution < 1.29 is 22.4 Å². The summed E-state index contributed by atoms with van der Waals surface area (Å²) in [4.78, 5) is 15.8. The van der Waals surface area contributed by atoms with E-state index in [0.29, 0.717) is 12.1 Å². The summed E-state index contributed by atoms with van der Waals surface area (Å²) in [7, 11) is 0. The molecule has 1 heterocycles. The summed E-state index contributed by atoms with van der Waals surface area (Å²) in [5, 5.41) is 0. The van der Waals surface area contributed by atoms with Crippen LogP contribution in [0.4, 0.5) is 17.6 Å². The Morgan fingerprint density at radius 1 is 1.15 bits per heavy atom. The van der Waals surface area contributed by atoms with Gasteiger partial charge in [0.05, 0.1) is 5.56 Å². The summed E-state index contributed by atoms with van der Waals surface area (Å²) in [5.74, 6) is -1.87. The highest BCUT2D eigenvalue weighted by molar-refractivity contribution is 14.1. The van der Waals surface area contributed by atoms with E-state index in [2.05, 4.69) is 4.98 Å². The molecule has 7 heteroatoms. The predicted octanol–water partition coefficient (Wildman–Crippen LogP) is 4.08. The number of carbonyl (C=O) groups excluding carboxylic acids is 1. The van der Waals surface area contributed by atoms with Gasteiger partial charge in [0, 0.05) is 15.3 Å². The molecule has 0 saturated carbocycles. The highest BCUT2D eigenvalue weighted by atomic mass is 127. The second-order valence-electron chi connectivity index (χ2n) is 3.92. The Morgan fingerprint density at radius 2 is 1.85 bits per heavy atom. The van der Waals surface area contributed by atoms with Crippen LogP contribution in [0.2, 0.25) is 0 Å². The lowest BCUT2D eigenvalue weighted by Crippen LogP contribution is -2.10. The van der Waals surface area contributed by atoms with Crippen molar-refractivity contribution in [1.82, 2.24) is 4.98 Å². The lowest BCUT2D eigenvalue weighted by molar-refractivity contribution is -0.137. The quantitative estimate of drug-likeness (QED) is 0.436. The monoisotopic (exact) mass is 395 g/mol. The molecule has 0 fully saturated rings. The van der Waals surface area contributed by atoms with E-state index >= 15 is 0 Å². The molecule has 2 nitrogen and oxygen atoms in total. The molecule has 2 aromatic rings. The molecule has 2 rings (SSSR count). The summed E-state index contributed by atoms with van der Waals surface area (Å²) in [6.45, 7) is 0. The zero-order valence-corrected chi connectivity index (χ0v) is 11.9. The number of hydrogen-bond donors (Lipinski definition) is 0. The zero-order chi connectivity index (χ0) is 14.9. The smallest absolute Gasteiger partial charge is 0.287 e. The van der Waals surface area contributed by atoms with E-state index in [1.807, 2.05) is 22.6 Å². The SMILES string of the molecule is O=C(c1cc(F)cc(C(F)(F)F)c1)c1ccc(I)cn1. The van der Waals surface area contributed by atoms with Crippen LogP contribution in [-0.4, -0.2) is 10.8 Å². The average molecular weight is 395 g/mol. The number of ketones is 1. The third-order valence-corrected chi connectivity index (χ3v) is 3.09. The van der Waals surface area contributed by atoms with E-state index in [1.54, 1.807) is 6.07 Å². The molecule has 104 valence electrons. The molecule has 0 atom stereocenters. The van der Waals surface area contributed by atoms with Crippen LogP contribution in [0.15, 0.2) is 36.5 Å². The minimum absolute atomic E-state index is 0.0378. The van der Waals surface area contributed by atoms with Gasteiger partial charge in [-0.05, 0) is 52.9 Å². The predicted molar refractivity (Wildman–Crippen MR) is 71.8 cm³/mol.